The molecule has 0 aliphatic heterocycles. The van der Waals surface area contributed by atoms with Crippen LogP contribution in [0, 0.1) is 0 Å². The first-order chi connectivity index (χ1) is 17.4. The van der Waals surface area contributed by atoms with Gasteiger partial charge in [-0.15, -0.1) is 0 Å². The van der Waals surface area contributed by atoms with Crippen molar-refractivity contribution < 1.29 is 19.1 Å². The average molecular weight is 611 g/mol. The average Bonchev–Trinajstić information content (AvgIpc) is 2.89. The molecule has 36 heavy (non-hydrogen) atoms. The van der Waals surface area contributed by atoms with Crippen molar-refractivity contribution in [2.24, 2.45) is 5.10 Å². The van der Waals surface area contributed by atoms with Gasteiger partial charge in [0.15, 0.2) is 11.5 Å². The van der Waals surface area contributed by atoms with Gasteiger partial charge in [-0.1, -0.05) is 58.4 Å². The molecule has 0 aliphatic carbocycles. The van der Waals surface area contributed by atoms with Crippen LogP contribution in [0.25, 0.3) is 10.8 Å². The van der Waals surface area contributed by atoms with Gasteiger partial charge < -0.3 is 14.8 Å². The number of hydrazone groups is 1. The van der Waals surface area contributed by atoms with E-state index in [1.807, 2.05) is 24.3 Å². The molecule has 0 radical (unpaired) electrons. The van der Waals surface area contributed by atoms with E-state index in [0.717, 1.165) is 20.8 Å². The maximum atomic E-state index is 12.1. The number of benzene rings is 4. The monoisotopic (exact) mass is 609 g/mol. The largest absolute Gasteiger partial charge is 0.493 e. The summed E-state index contributed by atoms with van der Waals surface area (Å²) in [5.41, 5.74) is 4.40. The van der Waals surface area contributed by atoms with E-state index in [1.54, 1.807) is 43.5 Å². The SMILES string of the molecule is COc1cc(/C=N/NC(=O)C(=O)Nc2ccc(Br)cc2)cc(Br)c1OCc1cccc2ccccc12. The van der Waals surface area contributed by atoms with E-state index >= 15 is 0 Å². The highest BCUT2D eigenvalue weighted by Crippen LogP contribution is 2.37. The van der Waals surface area contributed by atoms with Gasteiger partial charge in [0.2, 0.25) is 0 Å². The number of nitrogens with one attached hydrogen (secondary N) is 2. The Labute approximate surface area is 224 Å². The number of hydrogen-bond acceptors (Lipinski definition) is 5. The van der Waals surface area contributed by atoms with Crippen LogP contribution in [0.15, 0.2) is 92.9 Å². The molecule has 2 N–H and O–H groups in total. The Morgan fingerprint density at radius 3 is 2.47 bits per heavy atom. The van der Waals surface area contributed by atoms with E-state index < -0.39 is 11.8 Å². The van der Waals surface area contributed by atoms with Crippen LogP contribution in [0.2, 0.25) is 0 Å². The van der Waals surface area contributed by atoms with E-state index in [1.165, 1.54) is 6.21 Å². The molecule has 0 aliphatic rings. The van der Waals surface area contributed by atoms with Crippen molar-refractivity contribution in [1.82, 2.24) is 5.43 Å². The molecule has 0 saturated heterocycles. The number of ether oxygens (including phenoxy) is 2. The summed E-state index contributed by atoms with van der Waals surface area (Å²) in [5.74, 6) is -0.688. The zero-order valence-corrected chi connectivity index (χ0v) is 22.3. The number of halogens is 2. The normalized spacial score (nSPS) is 10.9. The first-order valence-electron chi connectivity index (χ1n) is 10.8. The van der Waals surface area contributed by atoms with Gasteiger partial charge in [0, 0.05) is 10.2 Å². The van der Waals surface area contributed by atoms with Gasteiger partial charge in [-0.3, -0.25) is 9.59 Å². The molecule has 182 valence electrons. The van der Waals surface area contributed by atoms with E-state index in [0.29, 0.717) is 33.8 Å². The molecule has 9 heteroatoms. The molecule has 7 nitrogen and oxygen atoms in total. The van der Waals surface area contributed by atoms with Crippen molar-refractivity contribution in [2.75, 3.05) is 12.4 Å². The van der Waals surface area contributed by atoms with Crippen LogP contribution in [-0.4, -0.2) is 25.1 Å². The molecule has 0 heterocycles. The summed E-state index contributed by atoms with van der Waals surface area (Å²) in [6.45, 7) is 0.354. The third-order valence-corrected chi connectivity index (χ3v) is 6.31. The van der Waals surface area contributed by atoms with Crippen molar-refractivity contribution >= 4 is 66.3 Å². The van der Waals surface area contributed by atoms with Crippen LogP contribution in [-0.2, 0) is 16.2 Å². The molecule has 0 atom stereocenters. The van der Waals surface area contributed by atoms with Crippen molar-refractivity contribution in [3.05, 3.63) is 98.9 Å². The minimum absolute atomic E-state index is 0.354. The number of carbonyl (C=O) groups is 2. The number of carbonyl (C=O) groups excluding carboxylic acids is 2. The second kappa shape index (κ2) is 11.8. The Kier molecular flexibility index (Phi) is 8.35. The molecule has 2 amide bonds. The lowest BCUT2D eigenvalue weighted by Gasteiger charge is -2.14. The zero-order chi connectivity index (χ0) is 25.5. The summed E-state index contributed by atoms with van der Waals surface area (Å²) in [5, 5.41) is 8.65. The fourth-order valence-electron chi connectivity index (χ4n) is 3.46. The van der Waals surface area contributed by atoms with E-state index in [9.17, 15) is 9.59 Å². The first-order valence-corrected chi connectivity index (χ1v) is 12.4. The van der Waals surface area contributed by atoms with Crippen LogP contribution in [0.4, 0.5) is 5.69 Å². The number of rotatable bonds is 7. The number of methoxy groups -OCH3 is 1. The quantitative estimate of drug-likeness (QED) is 0.152. The van der Waals surface area contributed by atoms with Gasteiger partial charge in [0.1, 0.15) is 6.61 Å². The van der Waals surface area contributed by atoms with Crippen LogP contribution in [0.1, 0.15) is 11.1 Å². The van der Waals surface area contributed by atoms with Crippen LogP contribution < -0.4 is 20.2 Å². The summed E-state index contributed by atoms with van der Waals surface area (Å²) >= 11 is 6.84. The fraction of sp³-hybridized carbons (Fsp3) is 0.0741. The molecular weight excluding hydrogens is 590 g/mol. The topological polar surface area (TPSA) is 89.0 Å². The highest BCUT2D eigenvalue weighted by atomic mass is 79.9. The van der Waals surface area contributed by atoms with Gasteiger partial charge >= 0.3 is 11.8 Å². The van der Waals surface area contributed by atoms with Crippen LogP contribution in [0.3, 0.4) is 0 Å². The minimum Gasteiger partial charge on any atom is -0.493 e. The maximum Gasteiger partial charge on any atom is 0.329 e. The number of hydrogen-bond donors (Lipinski definition) is 2. The van der Waals surface area contributed by atoms with Gasteiger partial charge in [0.25, 0.3) is 0 Å². The van der Waals surface area contributed by atoms with E-state index in [4.69, 9.17) is 9.47 Å². The zero-order valence-electron chi connectivity index (χ0n) is 19.1. The smallest absolute Gasteiger partial charge is 0.329 e. The molecule has 0 aromatic heterocycles. The molecule has 0 saturated carbocycles. The lowest BCUT2D eigenvalue weighted by Crippen LogP contribution is -2.32. The fourth-order valence-corrected chi connectivity index (χ4v) is 4.30. The summed E-state index contributed by atoms with van der Waals surface area (Å²) in [7, 11) is 1.54. The molecule has 0 bridgehead atoms. The standard InChI is InChI=1S/C27H21Br2N3O4/c1-35-24-14-17(15-30-32-27(34)26(33)31-21-11-9-20(28)10-12-21)13-23(29)25(24)36-16-19-7-4-6-18-5-2-3-8-22(18)19/h2-15H,16H2,1H3,(H,31,33)(H,32,34)/b30-15+. The molecule has 4 aromatic rings. The van der Waals surface area contributed by atoms with Gasteiger partial charge in [-0.05, 0) is 74.2 Å². The van der Waals surface area contributed by atoms with Gasteiger partial charge in [-0.2, -0.15) is 5.10 Å². The Morgan fingerprint density at radius 2 is 1.69 bits per heavy atom. The molecule has 4 aromatic carbocycles. The Balaban J connectivity index is 1.41. The Hall–Kier alpha value is -3.69. The first kappa shape index (κ1) is 25.4. The van der Waals surface area contributed by atoms with Gasteiger partial charge in [0.05, 0.1) is 17.8 Å². The number of anilines is 1. The maximum absolute atomic E-state index is 12.1. The Morgan fingerprint density at radius 1 is 0.944 bits per heavy atom. The number of amides is 2. The summed E-state index contributed by atoms with van der Waals surface area (Å²) in [4.78, 5) is 24.1. The number of fused-ring (bicyclic) bond motifs is 1. The molecule has 0 spiro atoms. The van der Waals surface area contributed by atoms with Crippen molar-refractivity contribution in [3.63, 3.8) is 0 Å². The van der Waals surface area contributed by atoms with Crippen LogP contribution >= 0.6 is 31.9 Å². The predicted octanol–water partition coefficient (Wildman–Crippen LogP) is 6.04. The highest BCUT2D eigenvalue weighted by molar-refractivity contribution is 9.10. The lowest BCUT2D eigenvalue weighted by molar-refractivity contribution is -0.136. The lowest BCUT2D eigenvalue weighted by atomic mass is 10.1. The summed E-state index contributed by atoms with van der Waals surface area (Å²) in [6, 6.07) is 24.6. The summed E-state index contributed by atoms with van der Waals surface area (Å²) in [6.07, 6.45) is 1.41. The number of nitrogens with zero attached hydrogens (tertiary/aromatic N) is 1. The predicted molar refractivity (Wildman–Crippen MR) is 147 cm³/mol. The van der Waals surface area contributed by atoms with E-state index in [-0.39, 0.29) is 0 Å². The second-order valence-electron chi connectivity index (χ2n) is 7.62. The Bertz CT molecular complexity index is 1430. The van der Waals surface area contributed by atoms with E-state index in [2.05, 4.69) is 65.9 Å². The van der Waals surface area contributed by atoms with Gasteiger partial charge in [-0.25, -0.2) is 5.43 Å². The molecular formula is C27H21Br2N3O4. The van der Waals surface area contributed by atoms with Crippen molar-refractivity contribution in [2.45, 2.75) is 6.61 Å². The third kappa shape index (κ3) is 6.30. The van der Waals surface area contributed by atoms with Crippen LogP contribution in [0.5, 0.6) is 11.5 Å². The highest BCUT2D eigenvalue weighted by Gasteiger charge is 2.14. The minimum atomic E-state index is -0.893. The molecule has 0 unspecified atom stereocenters. The second-order valence-corrected chi connectivity index (χ2v) is 9.39. The van der Waals surface area contributed by atoms with Crippen molar-refractivity contribution in [1.29, 1.82) is 0 Å². The third-order valence-electron chi connectivity index (χ3n) is 5.19. The summed E-state index contributed by atoms with van der Waals surface area (Å²) < 4.78 is 13.1. The van der Waals surface area contributed by atoms with Crippen molar-refractivity contribution in [3.8, 4) is 11.5 Å². The molecule has 4 rings (SSSR count). The molecule has 0 fully saturated rings.